The molecule has 11 nitrogen and oxygen atoms in total. The summed E-state index contributed by atoms with van der Waals surface area (Å²) in [6.07, 6.45) is 0.375. The van der Waals surface area contributed by atoms with Gasteiger partial charge in [0.15, 0.2) is 11.0 Å². The van der Waals surface area contributed by atoms with E-state index in [-0.39, 0.29) is 43.7 Å². The minimum atomic E-state index is -3.97. The second-order valence-corrected chi connectivity index (χ2v) is 13.1. The molecular formula is C30H27ClN8O3S2. The molecule has 2 aromatic carbocycles. The molecule has 0 aliphatic rings. The third-order valence-electron chi connectivity index (χ3n) is 6.50. The fourth-order valence-electron chi connectivity index (χ4n) is 4.17. The highest BCUT2D eigenvalue weighted by atomic mass is 35.5. The third kappa shape index (κ3) is 7.26. The molecule has 14 heteroatoms. The van der Waals surface area contributed by atoms with E-state index in [0.717, 1.165) is 17.3 Å². The van der Waals surface area contributed by atoms with E-state index in [0.29, 0.717) is 29.2 Å². The standard InChI is InChI=1S/C30H27ClN8O3S2/c1-4-24(29(40)35-20-9-11-21(12-10-20)44(41,42)39-26-14-13-25(31)37-38-26)43-30-23(16-33)27(22(15-32)28(34)36-30)19-7-5-18(6-8-19)17(2)3/h5-14,17,24H,4H2,1-3H3,(H2,34,36)(H,35,40)(H,38,39). The van der Waals surface area contributed by atoms with Crippen molar-refractivity contribution in [2.24, 2.45) is 0 Å². The lowest BCUT2D eigenvalue weighted by Gasteiger charge is -2.18. The van der Waals surface area contributed by atoms with Crippen LogP contribution in [0.1, 0.15) is 49.8 Å². The van der Waals surface area contributed by atoms with Crippen molar-refractivity contribution in [3.8, 4) is 23.3 Å². The molecule has 0 saturated carbocycles. The number of aromatic nitrogens is 3. The quantitative estimate of drug-likeness (QED) is 0.174. The number of nitriles is 2. The number of hydrogen-bond acceptors (Lipinski definition) is 10. The number of pyridine rings is 1. The van der Waals surface area contributed by atoms with Crippen LogP contribution < -0.4 is 15.8 Å². The lowest BCUT2D eigenvalue weighted by atomic mass is 9.94. The predicted molar refractivity (Wildman–Crippen MR) is 170 cm³/mol. The zero-order chi connectivity index (χ0) is 32.0. The normalized spacial score (nSPS) is 11.8. The number of nitrogens with zero attached hydrogens (tertiary/aromatic N) is 5. The number of nitrogens with one attached hydrogen (secondary N) is 2. The molecule has 0 bridgehead atoms. The molecule has 224 valence electrons. The Balaban J connectivity index is 1.56. The van der Waals surface area contributed by atoms with Crippen molar-refractivity contribution in [2.45, 2.75) is 48.3 Å². The summed E-state index contributed by atoms with van der Waals surface area (Å²) in [6.45, 7) is 5.94. The summed E-state index contributed by atoms with van der Waals surface area (Å²) >= 11 is 6.76. The fraction of sp³-hybridized carbons (Fsp3) is 0.200. The molecule has 2 aromatic heterocycles. The van der Waals surface area contributed by atoms with Crippen LogP contribution in [0.15, 0.2) is 70.6 Å². The smallest absolute Gasteiger partial charge is 0.263 e. The van der Waals surface area contributed by atoms with Gasteiger partial charge in [0.05, 0.1) is 15.7 Å². The molecule has 1 amide bonds. The Bertz CT molecular complexity index is 1870. The molecule has 4 aromatic rings. The van der Waals surface area contributed by atoms with Crippen molar-refractivity contribution < 1.29 is 13.2 Å². The highest BCUT2D eigenvalue weighted by Gasteiger charge is 2.26. The molecule has 2 heterocycles. The van der Waals surface area contributed by atoms with Crippen molar-refractivity contribution in [3.63, 3.8) is 0 Å². The molecular weight excluding hydrogens is 620 g/mol. The monoisotopic (exact) mass is 646 g/mol. The van der Waals surface area contributed by atoms with Crippen LogP contribution in [-0.2, 0) is 14.8 Å². The van der Waals surface area contributed by atoms with Gasteiger partial charge in [0.2, 0.25) is 5.91 Å². The number of nitrogen functional groups attached to an aromatic ring is 1. The second kappa shape index (κ2) is 13.7. The first kappa shape index (κ1) is 32.2. The van der Waals surface area contributed by atoms with E-state index < -0.39 is 15.3 Å². The Morgan fingerprint density at radius 1 is 1.00 bits per heavy atom. The van der Waals surface area contributed by atoms with Gasteiger partial charge >= 0.3 is 0 Å². The summed E-state index contributed by atoms with van der Waals surface area (Å²) < 4.78 is 27.8. The van der Waals surface area contributed by atoms with Crippen molar-refractivity contribution in [2.75, 3.05) is 15.8 Å². The van der Waals surface area contributed by atoms with Gasteiger partial charge < -0.3 is 11.1 Å². The van der Waals surface area contributed by atoms with E-state index in [1.165, 1.54) is 36.4 Å². The number of anilines is 3. The van der Waals surface area contributed by atoms with E-state index in [1.54, 1.807) is 0 Å². The number of sulfonamides is 1. The number of halogens is 1. The van der Waals surface area contributed by atoms with Gasteiger partial charge in [-0.15, -0.1) is 10.2 Å². The van der Waals surface area contributed by atoms with Gasteiger partial charge in [-0.25, -0.2) is 13.4 Å². The average Bonchev–Trinajstić information content (AvgIpc) is 3.00. The first-order chi connectivity index (χ1) is 21.0. The van der Waals surface area contributed by atoms with E-state index in [1.807, 2.05) is 31.2 Å². The zero-order valence-corrected chi connectivity index (χ0v) is 26.3. The van der Waals surface area contributed by atoms with Crippen LogP contribution in [0, 0.1) is 22.7 Å². The highest BCUT2D eigenvalue weighted by molar-refractivity contribution is 8.00. The summed E-state index contributed by atoms with van der Waals surface area (Å²) in [7, 11) is -3.97. The van der Waals surface area contributed by atoms with Crippen LogP contribution in [0.3, 0.4) is 0 Å². The van der Waals surface area contributed by atoms with Crippen LogP contribution in [0.5, 0.6) is 0 Å². The zero-order valence-electron chi connectivity index (χ0n) is 23.9. The van der Waals surface area contributed by atoms with Crippen LogP contribution in [0.4, 0.5) is 17.3 Å². The van der Waals surface area contributed by atoms with Gasteiger partial charge in [-0.2, -0.15) is 10.5 Å². The number of hydrogen-bond donors (Lipinski definition) is 3. The molecule has 0 fully saturated rings. The Morgan fingerprint density at radius 3 is 2.20 bits per heavy atom. The molecule has 1 atom stereocenters. The first-order valence-corrected chi connectivity index (χ1v) is 16.0. The van der Waals surface area contributed by atoms with Gasteiger partial charge in [0.1, 0.15) is 28.5 Å². The molecule has 1 unspecified atom stereocenters. The summed E-state index contributed by atoms with van der Waals surface area (Å²) in [5, 5.41) is 29.7. The summed E-state index contributed by atoms with van der Waals surface area (Å²) in [4.78, 5) is 17.5. The van der Waals surface area contributed by atoms with Crippen LogP contribution >= 0.6 is 23.4 Å². The maximum absolute atomic E-state index is 13.3. The summed E-state index contributed by atoms with van der Waals surface area (Å²) in [5.74, 6) is -0.130. The summed E-state index contributed by atoms with van der Waals surface area (Å²) in [6, 6.07) is 20.1. The van der Waals surface area contributed by atoms with Crippen LogP contribution in [0.2, 0.25) is 5.15 Å². The van der Waals surface area contributed by atoms with Crippen molar-refractivity contribution in [1.82, 2.24) is 15.2 Å². The molecule has 0 saturated heterocycles. The SMILES string of the molecule is CCC(Sc1nc(N)c(C#N)c(-c2ccc(C(C)C)cc2)c1C#N)C(=O)Nc1ccc(S(=O)(=O)Nc2ccc(Cl)nn2)cc1. The largest absolute Gasteiger partial charge is 0.383 e. The lowest BCUT2D eigenvalue weighted by molar-refractivity contribution is -0.115. The maximum atomic E-state index is 13.3. The minimum absolute atomic E-state index is 0.000825. The summed E-state index contributed by atoms with van der Waals surface area (Å²) in [5.41, 5.74) is 8.88. The van der Waals surface area contributed by atoms with Gasteiger partial charge in [0.25, 0.3) is 10.0 Å². The van der Waals surface area contributed by atoms with Crippen molar-refractivity contribution >= 4 is 56.6 Å². The second-order valence-electron chi connectivity index (χ2n) is 9.80. The molecule has 0 spiro atoms. The number of nitrogens with two attached hydrogens (primary N) is 1. The van der Waals surface area contributed by atoms with Gasteiger partial charge in [-0.3, -0.25) is 9.52 Å². The average molecular weight is 647 g/mol. The number of amides is 1. The van der Waals surface area contributed by atoms with Crippen molar-refractivity contribution in [1.29, 1.82) is 10.5 Å². The fourth-order valence-corrected chi connectivity index (χ4v) is 6.29. The first-order valence-electron chi connectivity index (χ1n) is 13.3. The van der Waals surface area contributed by atoms with E-state index in [9.17, 15) is 23.7 Å². The maximum Gasteiger partial charge on any atom is 0.263 e. The van der Waals surface area contributed by atoms with Gasteiger partial charge in [-0.1, -0.05) is 68.4 Å². The predicted octanol–water partition coefficient (Wildman–Crippen LogP) is 5.95. The molecule has 4 rings (SSSR count). The lowest BCUT2D eigenvalue weighted by Crippen LogP contribution is -2.25. The van der Waals surface area contributed by atoms with Crippen LogP contribution in [0.25, 0.3) is 11.1 Å². The van der Waals surface area contributed by atoms with E-state index in [2.05, 4.69) is 51.2 Å². The minimum Gasteiger partial charge on any atom is -0.383 e. The number of carbonyl (C=O) groups is 1. The topological polar surface area (TPSA) is 188 Å². The molecule has 0 aliphatic carbocycles. The molecule has 0 aliphatic heterocycles. The number of benzene rings is 2. The van der Waals surface area contributed by atoms with Crippen molar-refractivity contribution in [3.05, 3.63) is 82.5 Å². The Kier molecular flexibility index (Phi) is 10.1. The van der Waals surface area contributed by atoms with E-state index >= 15 is 0 Å². The molecule has 4 N–H and O–H groups in total. The van der Waals surface area contributed by atoms with Gasteiger partial charge in [0, 0.05) is 11.3 Å². The third-order valence-corrected chi connectivity index (χ3v) is 9.42. The number of rotatable bonds is 10. The van der Waals surface area contributed by atoms with Crippen LogP contribution in [-0.4, -0.2) is 34.8 Å². The number of carbonyl (C=O) groups excluding carboxylic acids is 1. The number of thioether (sulfide) groups is 1. The van der Waals surface area contributed by atoms with Gasteiger partial charge in [-0.05, 0) is 59.9 Å². The highest BCUT2D eigenvalue weighted by Crippen LogP contribution is 2.38. The molecule has 44 heavy (non-hydrogen) atoms. The Labute approximate surface area is 264 Å². The Hall–Kier alpha value is -4.69. The Morgan fingerprint density at radius 2 is 1.66 bits per heavy atom. The molecule has 0 radical (unpaired) electrons. The van der Waals surface area contributed by atoms with E-state index in [4.69, 9.17) is 17.3 Å².